The molecule has 0 saturated carbocycles. The highest BCUT2D eigenvalue weighted by atomic mass is 32.2. The fourth-order valence-electron chi connectivity index (χ4n) is 4.30. The zero-order valence-corrected chi connectivity index (χ0v) is 24.1. The predicted octanol–water partition coefficient (Wildman–Crippen LogP) is 6.29. The minimum Gasteiger partial charge on any atom is -0.598 e. The standard InChI is InChI=1S/C27H47N3O3S/c1-24(2,3)20-14-15-28-22(16-20)21(29-34(32)26(7,8)9)13-12-19-17-27(10,11)30(18-19)23(31)33-25(4,5)6/h14-16,19,21,29H,12-13,17-18H2,1-11H3/t19-,21?,34?/m0/s1. The van der Waals surface area contributed by atoms with Gasteiger partial charge in [-0.25, -0.2) is 4.79 Å². The van der Waals surface area contributed by atoms with Crippen LogP contribution in [0.2, 0.25) is 0 Å². The van der Waals surface area contributed by atoms with Gasteiger partial charge in [-0.2, -0.15) is 0 Å². The first-order valence-corrected chi connectivity index (χ1v) is 13.6. The number of amides is 1. The third-order valence-electron chi connectivity index (χ3n) is 6.25. The first-order valence-electron chi connectivity index (χ1n) is 12.4. The van der Waals surface area contributed by atoms with Crippen molar-refractivity contribution in [3.05, 3.63) is 29.6 Å². The molecule has 2 heterocycles. The zero-order valence-electron chi connectivity index (χ0n) is 23.2. The Hall–Kier alpha value is -1.31. The molecule has 1 amide bonds. The van der Waals surface area contributed by atoms with Gasteiger partial charge in [-0.1, -0.05) is 20.8 Å². The maximum Gasteiger partial charge on any atom is 0.410 e. The molecule has 1 aromatic heterocycles. The van der Waals surface area contributed by atoms with E-state index < -0.39 is 17.0 Å². The molecule has 2 unspecified atom stereocenters. The molecule has 1 saturated heterocycles. The van der Waals surface area contributed by atoms with Crippen molar-refractivity contribution in [3.63, 3.8) is 0 Å². The van der Waals surface area contributed by atoms with Crippen LogP contribution >= 0.6 is 0 Å². The lowest BCUT2D eigenvalue weighted by molar-refractivity contribution is 0.0131. The highest BCUT2D eigenvalue weighted by molar-refractivity contribution is 7.90. The minimum atomic E-state index is -1.21. The van der Waals surface area contributed by atoms with Gasteiger partial charge in [0.25, 0.3) is 0 Å². The monoisotopic (exact) mass is 493 g/mol. The summed E-state index contributed by atoms with van der Waals surface area (Å²) in [4.78, 5) is 19.3. The molecule has 2 rings (SSSR count). The van der Waals surface area contributed by atoms with E-state index in [2.05, 4.69) is 56.5 Å². The van der Waals surface area contributed by atoms with Crippen LogP contribution in [0.4, 0.5) is 4.79 Å². The number of rotatable bonds is 6. The molecule has 0 aliphatic carbocycles. The lowest BCUT2D eigenvalue weighted by Crippen LogP contribution is -2.45. The highest BCUT2D eigenvalue weighted by Crippen LogP contribution is 2.38. The SMILES string of the molecule is CC(C)(C)OC(=O)N1C[C@@H](CCC(N[S+]([O-])C(C)(C)C)c2cc(C(C)(C)C)ccn2)CC1(C)C. The van der Waals surface area contributed by atoms with Crippen molar-refractivity contribution in [3.8, 4) is 0 Å². The van der Waals surface area contributed by atoms with Crippen LogP contribution in [0.3, 0.4) is 0 Å². The van der Waals surface area contributed by atoms with E-state index in [1.165, 1.54) is 5.56 Å². The Morgan fingerprint density at radius 2 is 1.85 bits per heavy atom. The topological polar surface area (TPSA) is 77.5 Å². The molecular formula is C27H47N3O3S. The van der Waals surface area contributed by atoms with Gasteiger partial charge in [0.1, 0.15) is 10.3 Å². The Morgan fingerprint density at radius 1 is 1.24 bits per heavy atom. The third kappa shape index (κ3) is 8.13. The molecule has 1 fully saturated rings. The number of carbonyl (C=O) groups excluding carboxylic acids is 1. The predicted molar refractivity (Wildman–Crippen MR) is 141 cm³/mol. The summed E-state index contributed by atoms with van der Waals surface area (Å²) in [6.45, 7) is 23.1. The number of hydrogen-bond donors (Lipinski definition) is 1. The van der Waals surface area contributed by atoms with Gasteiger partial charge < -0.3 is 14.2 Å². The molecule has 6 nitrogen and oxygen atoms in total. The summed E-state index contributed by atoms with van der Waals surface area (Å²) >= 11 is -1.21. The van der Waals surface area contributed by atoms with Crippen LogP contribution in [-0.4, -0.2) is 43.0 Å². The normalized spacial score (nSPS) is 20.8. The summed E-state index contributed by atoms with van der Waals surface area (Å²) in [7, 11) is 0. The minimum absolute atomic E-state index is 0.00874. The van der Waals surface area contributed by atoms with Crippen molar-refractivity contribution in [2.24, 2.45) is 5.92 Å². The zero-order chi connectivity index (χ0) is 26.1. The van der Waals surface area contributed by atoms with Crippen LogP contribution in [-0.2, 0) is 21.5 Å². The number of carbonyl (C=O) groups is 1. The quantitative estimate of drug-likeness (QED) is 0.471. The molecular weight excluding hydrogens is 446 g/mol. The summed E-state index contributed by atoms with van der Waals surface area (Å²) in [5, 5.41) is 0. The van der Waals surface area contributed by atoms with E-state index in [-0.39, 0.29) is 27.8 Å². The van der Waals surface area contributed by atoms with E-state index in [0.29, 0.717) is 12.5 Å². The molecule has 3 atom stereocenters. The maximum atomic E-state index is 13.0. The fourth-order valence-corrected chi connectivity index (χ4v) is 5.15. The Kier molecular flexibility index (Phi) is 8.81. The third-order valence-corrected chi connectivity index (χ3v) is 7.86. The molecule has 0 spiro atoms. The van der Waals surface area contributed by atoms with Crippen molar-refractivity contribution < 1.29 is 14.1 Å². The Labute approximate surface area is 210 Å². The second-order valence-corrected chi connectivity index (χ2v) is 15.3. The summed E-state index contributed by atoms with van der Waals surface area (Å²) in [5.74, 6) is 0.348. The number of nitrogens with one attached hydrogen (secondary N) is 1. The van der Waals surface area contributed by atoms with Gasteiger partial charge in [-0.15, -0.1) is 4.72 Å². The molecule has 0 aromatic carbocycles. The van der Waals surface area contributed by atoms with E-state index in [1.54, 1.807) is 0 Å². The number of nitrogens with zero attached hydrogens (tertiary/aromatic N) is 2. The lowest BCUT2D eigenvalue weighted by Gasteiger charge is -2.33. The van der Waals surface area contributed by atoms with Crippen LogP contribution in [0.15, 0.2) is 18.3 Å². The van der Waals surface area contributed by atoms with Crippen LogP contribution in [0.25, 0.3) is 0 Å². The molecule has 34 heavy (non-hydrogen) atoms. The molecule has 1 N–H and O–H groups in total. The van der Waals surface area contributed by atoms with E-state index in [4.69, 9.17) is 4.74 Å². The second kappa shape index (κ2) is 10.4. The number of ether oxygens (including phenoxy) is 1. The smallest absolute Gasteiger partial charge is 0.410 e. The van der Waals surface area contributed by atoms with Crippen molar-refractivity contribution in [1.82, 2.24) is 14.6 Å². The molecule has 1 aliphatic rings. The van der Waals surface area contributed by atoms with Gasteiger partial charge in [0, 0.05) is 29.6 Å². The van der Waals surface area contributed by atoms with Crippen LogP contribution in [0.5, 0.6) is 0 Å². The maximum absolute atomic E-state index is 13.0. The second-order valence-electron chi connectivity index (χ2n) is 13.3. The molecule has 0 radical (unpaired) electrons. The average molecular weight is 494 g/mol. The Bertz CT molecular complexity index is 837. The molecule has 1 aromatic rings. The number of hydrogen-bond acceptors (Lipinski definition) is 5. The Morgan fingerprint density at radius 3 is 2.38 bits per heavy atom. The molecule has 0 bridgehead atoms. The number of likely N-dealkylation sites (tertiary alicyclic amines) is 1. The first kappa shape index (κ1) is 28.9. The largest absolute Gasteiger partial charge is 0.598 e. The van der Waals surface area contributed by atoms with E-state index in [0.717, 1.165) is 25.0 Å². The molecule has 1 aliphatic heterocycles. The van der Waals surface area contributed by atoms with Gasteiger partial charge in [-0.05, 0) is 104 Å². The van der Waals surface area contributed by atoms with Crippen molar-refractivity contribution in [2.45, 2.75) is 123 Å². The van der Waals surface area contributed by atoms with Crippen molar-refractivity contribution >= 4 is 17.5 Å². The summed E-state index contributed by atoms with van der Waals surface area (Å²) in [6, 6.07) is 4.07. The summed E-state index contributed by atoms with van der Waals surface area (Å²) in [6.07, 6.45) is 4.22. The van der Waals surface area contributed by atoms with E-state index >= 15 is 0 Å². The number of aromatic nitrogens is 1. The fraction of sp³-hybridized carbons (Fsp3) is 0.778. The Balaban J connectivity index is 2.19. The van der Waals surface area contributed by atoms with Gasteiger partial charge >= 0.3 is 6.09 Å². The first-order chi connectivity index (χ1) is 15.3. The van der Waals surface area contributed by atoms with E-state index in [9.17, 15) is 9.35 Å². The van der Waals surface area contributed by atoms with Gasteiger partial charge in [0.15, 0.2) is 0 Å². The highest BCUT2D eigenvalue weighted by Gasteiger charge is 2.43. The number of pyridine rings is 1. The average Bonchev–Trinajstić information content (AvgIpc) is 2.96. The van der Waals surface area contributed by atoms with Gasteiger partial charge in [0.2, 0.25) is 0 Å². The van der Waals surface area contributed by atoms with Crippen molar-refractivity contribution in [1.29, 1.82) is 0 Å². The van der Waals surface area contributed by atoms with Gasteiger partial charge in [-0.3, -0.25) is 4.98 Å². The van der Waals surface area contributed by atoms with E-state index in [1.807, 2.05) is 52.6 Å². The summed E-state index contributed by atoms with van der Waals surface area (Å²) in [5.41, 5.74) is 1.37. The van der Waals surface area contributed by atoms with Crippen LogP contribution in [0, 0.1) is 5.92 Å². The molecule has 7 heteroatoms. The lowest BCUT2D eigenvalue weighted by atomic mass is 9.86. The molecule has 194 valence electrons. The summed E-state index contributed by atoms with van der Waals surface area (Å²) < 4.78 is 21.7. The van der Waals surface area contributed by atoms with Crippen LogP contribution < -0.4 is 4.72 Å². The van der Waals surface area contributed by atoms with Gasteiger partial charge in [0.05, 0.1) is 11.7 Å². The van der Waals surface area contributed by atoms with Crippen LogP contribution in [0.1, 0.15) is 113 Å². The van der Waals surface area contributed by atoms with Crippen molar-refractivity contribution in [2.75, 3.05) is 6.54 Å².